The normalized spacial score (nSPS) is 11.9. The van der Waals surface area contributed by atoms with Crippen molar-refractivity contribution in [1.29, 1.82) is 0 Å². The van der Waals surface area contributed by atoms with Gasteiger partial charge in [-0.1, -0.05) is 29.8 Å². The van der Waals surface area contributed by atoms with E-state index in [2.05, 4.69) is 10.3 Å². The van der Waals surface area contributed by atoms with Crippen molar-refractivity contribution in [3.8, 4) is 0 Å². The van der Waals surface area contributed by atoms with Gasteiger partial charge in [-0.15, -0.1) is 0 Å². The lowest BCUT2D eigenvalue weighted by atomic mass is 10.1. The van der Waals surface area contributed by atoms with E-state index >= 15 is 0 Å². The number of carbonyl (C=O) groups excluding carboxylic acids is 1. The van der Waals surface area contributed by atoms with E-state index in [1.54, 1.807) is 12.3 Å². The van der Waals surface area contributed by atoms with E-state index in [0.29, 0.717) is 10.6 Å². The molecule has 2 aromatic rings. The number of nitrogens with one attached hydrogen (secondary N) is 1. The van der Waals surface area contributed by atoms with Gasteiger partial charge in [0.05, 0.1) is 11.6 Å². The first-order valence-corrected chi connectivity index (χ1v) is 6.43. The summed E-state index contributed by atoms with van der Waals surface area (Å²) in [5, 5.41) is 3.56. The van der Waals surface area contributed by atoms with Crippen molar-refractivity contribution in [2.45, 2.75) is 19.9 Å². The lowest BCUT2D eigenvalue weighted by Gasteiger charge is -2.15. The van der Waals surface area contributed by atoms with Gasteiger partial charge in [-0.05, 0) is 37.6 Å². The Labute approximate surface area is 117 Å². The summed E-state index contributed by atoms with van der Waals surface area (Å²) in [7, 11) is 0. The summed E-state index contributed by atoms with van der Waals surface area (Å²) in [6, 6.07) is 10.9. The van der Waals surface area contributed by atoms with Crippen LogP contribution in [0.4, 0.5) is 0 Å². The molecule has 0 aliphatic heterocycles. The molecule has 1 aromatic carbocycles. The molecule has 1 amide bonds. The lowest BCUT2D eigenvalue weighted by Crippen LogP contribution is -2.26. The molecule has 0 spiro atoms. The maximum Gasteiger partial charge on any atom is 0.253 e. The molecule has 19 heavy (non-hydrogen) atoms. The van der Waals surface area contributed by atoms with Gasteiger partial charge >= 0.3 is 0 Å². The molecule has 0 fully saturated rings. The highest BCUT2D eigenvalue weighted by Gasteiger charge is 2.13. The van der Waals surface area contributed by atoms with Crippen molar-refractivity contribution >= 4 is 17.5 Å². The monoisotopic (exact) mass is 274 g/mol. The molecule has 0 saturated carbocycles. The summed E-state index contributed by atoms with van der Waals surface area (Å²) in [6.45, 7) is 3.79. The van der Waals surface area contributed by atoms with Gasteiger partial charge in [-0.25, -0.2) is 0 Å². The largest absolute Gasteiger partial charge is 0.345 e. The molecular weight excluding hydrogens is 260 g/mol. The fraction of sp³-hybridized carbons (Fsp3) is 0.200. The Kier molecular flexibility index (Phi) is 4.17. The zero-order chi connectivity index (χ0) is 13.8. The van der Waals surface area contributed by atoms with Crippen LogP contribution < -0.4 is 5.32 Å². The molecule has 1 N–H and O–H groups in total. The molecule has 0 radical (unpaired) electrons. The molecule has 0 bridgehead atoms. The molecule has 1 aromatic heterocycles. The highest BCUT2D eigenvalue weighted by molar-refractivity contribution is 6.31. The van der Waals surface area contributed by atoms with Crippen LogP contribution in [0.25, 0.3) is 0 Å². The summed E-state index contributed by atoms with van der Waals surface area (Å²) >= 11 is 6.11. The maximum atomic E-state index is 12.1. The van der Waals surface area contributed by atoms with Crippen LogP contribution in [0.1, 0.15) is 34.6 Å². The van der Waals surface area contributed by atoms with Gasteiger partial charge in [0.1, 0.15) is 0 Å². The average molecular weight is 275 g/mol. The number of hydrogen-bond acceptors (Lipinski definition) is 2. The molecule has 1 atom stereocenters. The van der Waals surface area contributed by atoms with E-state index in [9.17, 15) is 4.79 Å². The van der Waals surface area contributed by atoms with E-state index in [4.69, 9.17) is 11.6 Å². The van der Waals surface area contributed by atoms with Gasteiger partial charge < -0.3 is 5.32 Å². The van der Waals surface area contributed by atoms with Gasteiger partial charge in [0.2, 0.25) is 0 Å². The lowest BCUT2D eigenvalue weighted by molar-refractivity contribution is 0.0939. The van der Waals surface area contributed by atoms with Crippen molar-refractivity contribution in [2.75, 3.05) is 0 Å². The summed E-state index contributed by atoms with van der Waals surface area (Å²) in [4.78, 5) is 16.2. The van der Waals surface area contributed by atoms with Crippen LogP contribution in [0.5, 0.6) is 0 Å². The smallest absolute Gasteiger partial charge is 0.253 e. The second-order valence-electron chi connectivity index (χ2n) is 4.40. The molecule has 98 valence electrons. The number of halogens is 1. The molecule has 2 rings (SSSR count). The van der Waals surface area contributed by atoms with Crippen LogP contribution in [0.15, 0.2) is 42.6 Å². The predicted molar refractivity (Wildman–Crippen MR) is 76.3 cm³/mol. The number of nitrogens with zero attached hydrogens (tertiary/aromatic N) is 1. The molecule has 0 saturated heterocycles. The highest BCUT2D eigenvalue weighted by Crippen LogP contribution is 2.22. The van der Waals surface area contributed by atoms with Gasteiger partial charge in [0.15, 0.2) is 0 Å². The first-order valence-electron chi connectivity index (χ1n) is 6.06. The minimum Gasteiger partial charge on any atom is -0.345 e. The number of aryl methyl sites for hydroxylation is 1. The van der Waals surface area contributed by atoms with Gasteiger partial charge in [0.25, 0.3) is 5.91 Å². The van der Waals surface area contributed by atoms with Crippen LogP contribution in [-0.4, -0.2) is 10.9 Å². The highest BCUT2D eigenvalue weighted by atomic mass is 35.5. The average Bonchev–Trinajstić information content (AvgIpc) is 2.39. The number of aromatic nitrogens is 1. The summed E-state index contributed by atoms with van der Waals surface area (Å²) in [5.41, 5.74) is 2.33. The first-order chi connectivity index (χ1) is 9.08. The van der Waals surface area contributed by atoms with E-state index in [-0.39, 0.29) is 11.9 Å². The first kappa shape index (κ1) is 13.6. The number of rotatable bonds is 3. The Morgan fingerprint density at radius 1 is 1.26 bits per heavy atom. The number of benzene rings is 1. The Morgan fingerprint density at radius 2 is 2.00 bits per heavy atom. The van der Waals surface area contributed by atoms with E-state index in [1.165, 1.54) is 0 Å². The quantitative estimate of drug-likeness (QED) is 0.930. The zero-order valence-corrected chi connectivity index (χ0v) is 11.6. The van der Waals surface area contributed by atoms with E-state index < -0.39 is 0 Å². The third-order valence-corrected chi connectivity index (χ3v) is 3.24. The minimum absolute atomic E-state index is 0.150. The van der Waals surface area contributed by atoms with Gasteiger partial charge in [-0.3, -0.25) is 9.78 Å². The molecule has 0 aliphatic carbocycles. The van der Waals surface area contributed by atoms with Crippen molar-refractivity contribution < 1.29 is 4.79 Å². The fourth-order valence-corrected chi connectivity index (χ4v) is 2.09. The molecule has 1 unspecified atom stereocenters. The summed E-state index contributed by atoms with van der Waals surface area (Å²) in [5.74, 6) is -0.153. The third kappa shape index (κ3) is 3.32. The molecule has 3 nitrogen and oxygen atoms in total. The number of carbonyl (C=O) groups is 1. The van der Waals surface area contributed by atoms with Gasteiger partial charge in [0, 0.05) is 16.9 Å². The van der Waals surface area contributed by atoms with E-state index in [1.807, 2.05) is 44.2 Å². The van der Waals surface area contributed by atoms with Crippen LogP contribution in [0.2, 0.25) is 5.02 Å². The second-order valence-corrected chi connectivity index (χ2v) is 4.81. The fourth-order valence-electron chi connectivity index (χ4n) is 1.79. The Hall–Kier alpha value is -1.87. The number of pyridine rings is 1. The van der Waals surface area contributed by atoms with E-state index in [0.717, 1.165) is 11.3 Å². The summed E-state index contributed by atoms with van der Waals surface area (Å²) in [6.07, 6.45) is 1.57. The van der Waals surface area contributed by atoms with Crippen molar-refractivity contribution in [2.24, 2.45) is 0 Å². The number of hydrogen-bond donors (Lipinski definition) is 1. The van der Waals surface area contributed by atoms with Crippen molar-refractivity contribution in [3.05, 3.63) is 64.4 Å². The zero-order valence-electron chi connectivity index (χ0n) is 10.9. The van der Waals surface area contributed by atoms with Crippen LogP contribution >= 0.6 is 11.6 Å². The third-order valence-electron chi connectivity index (χ3n) is 2.89. The predicted octanol–water partition coefficient (Wildman–Crippen LogP) is 3.53. The summed E-state index contributed by atoms with van der Waals surface area (Å²) < 4.78 is 0. The standard InChI is InChI=1S/C15H15ClN2O/c1-10-7-8-12(9-17-10)15(19)18-11(2)13-5-3-4-6-14(13)16/h3-9,11H,1-2H3,(H,18,19). The van der Waals surface area contributed by atoms with Gasteiger partial charge in [-0.2, -0.15) is 0 Å². The minimum atomic E-state index is -0.153. The molecular formula is C15H15ClN2O. The SMILES string of the molecule is Cc1ccc(C(=O)NC(C)c2ccccc2Cl)cn1. The van der Waals surface area contributed by atoms with Crippen LogP contribution in [0.3, 0.4) is 0 Å². The molecule has 1 heterocycles. The Bertz CT molecular complexity index is 581. The van der Waals surface area contributed by atoms with Crippen molar-refractivity contribution in [1.82, 2.24) is 10.3 Å². The van der Waals surface area contributed by atoms with Crippen LogP contribution in [-0.2, 0) is 0 Å². The maximum absolute atomic E-state index is 12.1. The number of amides is 1. The molecule has 4 heteroatoms. The second kappa shape index (κ2) is 5.85. The van der Waals surface area contributed by atoms with Crippen molar-refractivity contribution in [3.63, 3.8) is 0 Å². The Balaban J connectivity index is 2.11. The Morgan fingerprint density at radius 3 is 2.63 bits per heavy atom. The molecule has 0 aliphatic rings. The van der Waals surface area contributed by atoms with Crippen LogP contribution in [0, 0.1) is 6.92 Å². The topological polar surface area (TPSA) is 42.0 Å².